The van der Waals surface area contributed by atoms with Crippen LogP contribution in [0.3, 0.4) is 0 Å². The molecular weight excluding hydrogens is 258 g/mol. The van der Waals surface area contributed by atoms with Crippen LogP contribution in [-0.4, -0.2) is 80.0 Å². The average molecular weight is 285 g/mol. The minimum atomic E-state index is -0.441. The van der Waals surface area contributed by atoms with Gasteiger partial charge in [-0.05, 0) is 20.8 Å². The van der Waals surface area contributed by atoms with Crippen LogP contribution >= 0.6 is 0 Å². The summed E-state index contributed by atoms with van der Waals surface area (Å²) in [6.07, 6.45) is -0.138. The maximum atomic E-state index is 12.1. The third-order valence-electron chi connectivity index (χ3n) is 3.46. The van der Waals surface area contributed by atoms with E-state index >= 15 is 0 Å². The third kappa shape index (κ3) is 4.92. The SMILES string of the molecule is CC(C)(C)OC(=O)N1CCOC(CN2CCNCC2)C1. The zero-order chi connectivity index (χ0) is 14.6. The van der Waals surface area contributed by atoms with Gasteiger partial charge in [0, 0.05) is 39.3 Å². The predicted octanol–water partition coefficient (Wildman–Crippen LogP) is 0.528. The van der Waals surface area contributed by atoms with Crippen molar-refractivity contribution in [3.63, 3.8) is 0 Å². The van der Waals surface area contributed by atoms with Crippen molar-refractivity contribution in [2.45, 2.75) is 32.5 Å². The van der Waals surface area contributed by atoms with Crippen LogP contribution in [0.5, 0.6) is 0 Å². The van der Waals surface area contributed by atoms with Crippen LogP contribution < -0.4 is 5.32 Å². The molecule has 0 spiro atoms. The lowest BCUT2D eigenvalue weighted by molar-refractivity contribution is -0.0530. The van der Waals surface area contributed by atoms with Gasteiger partial charge in [0.05, 0.1) is 19.3 Å². The number of amides is 1. The Morgan fingerprint density at radius 3 is 2.65 bits per heavy atom. The molecule has 2 heterocycles. The van der Waals surface area contributed by atoms with Gasteiger partial charge in [-0.1, -0.05) is 0 Å². The molecule has 6 nitrogen and oxygen atoms in total. The Morgan fingerprint density at radius 1 is 1.30 bits per heavy atom. The van der Waals surface area contributed by atoms with Crippen molar-refractivity contribution in [2.75, 3.05) is 52.4 Å². The van der Waals surface area contributed by atoms with Gasteiger partial charge < -0.3 is 19.7 Å². The Balaban J connectivity index is 1.80. The number of nitrogens with one attached hydrogen (secondary N) is 1. The summed E-state index contributed by atoms with van der Waals surface area (Å²) in [5.41, 5.74) is -0.441. The number of nitrogens with zero attached hydrogens (tertiary/aromatic N) is 2. The number of rotatable bonds is 2. The molecule has 0 aliphatic carbocycles. The third-order valence-corrected chi connectivity index (χ3v) is 3.46. The van der Waals surface area contributed by atoms with Gasteiger partial charge in [-0.15, -0.1) is 0 Å². The molecule has 6 heteroatoms. The van der Waals surface area contributed by atoms with Crippen molar-refractivity contribution in [1.29, 1.82) is 0 Å². The Hall–Kier alpha value is -0.850. The lowest BCUT2D eigenvalue weighted by atomic mass is 10.2. The summed E-state index contributed by atoms with van der Waals surface area (Å²) in [5, 5.41) is 3.34. The van der Waals surface area contributed by atoms with E-state index in [1.54, 1.807) is 4.90 Å². The van der Waals surface area contributed by atoms with Gasteiger partial charge in [0.2, 0.25) is 0 Å². The highest BCUT2D eigenvalue weighted by atomic mass is 16.6. The zero-order valence-electron chi connectivity index (χ0n) is 12.9. The number of carbonyl (C=O) groups excluding carboxylic acids is 1. The fraction of sp³-hybridized carbons (Fsp3) is 0.929. The Labute approximate surface area is 121 Å². The molecule has 2 aliphatic rings. The van der Waals surface area contributed by atoms with Crippen molar-refractivity contribution >= 4 is 6.09 Å². The molecule has 116 valence electrons. The van der Waals surface area contributed by atoms with Crippen LogP contribution in [-0.2, 0) is 9.47 Å². The van der Waals surface area contributed by atoms with Crippen molar-refractivity contribution in [3.8, 4) is 0 Å². The maximum Gasteiger partial charge on any atom is 0.410 e. The van der Waals surface area contributed by atoms with Crippen LogP contribution in [0.2, 0.25) is 0 Å². The normalized spacial score (nSPS) is 25.6. The molecule has 1 amide bonds. The second kappa shape index (κ2) is 6.74. The molecule has 0 saturated carbocycles. The Morgan fingerprint density at radius 2 is 2.00 bits per heavy atom. The van der Waals surface area contributed by atoms with Crippen molar-refractivity contribution in [1.82, 2.24) is 15.1 Å². The Bertz CT molecular complexity index is 324. The lowest BCUT2D eigenvalue weighted by Gasteiger charge is -2.37. The molecule has 0 radical (unpaired) electrons. The first-order valence-electron chi connectivity index (χ1n) is 7.47. The van der Waals surface area contributed by atoms with Crippen molar-refractivity contribution < 1.29 is 14.3 Å². The van der Waals surface area contributed by atoms with Gasteiger partial charge in [-0.3, -0.25) is 4.90 Å². The first-order valence-corrected chi connectivity index (χ1v) is 7.47. The van der Waals surface area contributed by atoms with E-state index in [2.05, 4.69) is 10.2 Å². The minimum absolute atomic E-state index is 0.0920. The van der Waals surface area contributed by atoms with Gasteiger partial charge in [-0.25, -0.2) is 4.79 Å². The number of carbonyl (C=O) groups is 1. The summed E-state index contributed by atoms with van der Waals surface area (Å²) in [5.74, 6) is 0. The number of ether oxygens (including phenoxy) is 2. The second-order valence-electron chi connectivity index (χ2n) is 6.47. The smallest absolute Gasteiger partial charge is 0.410 e. The second-order valence-corrected chi connectivity index (χ2v) is 6.47. The van der Waals surface area contributed by atoms with E-state index in [4.69, 9.17) is 9.47 Å². The molecule has 0 aromatic rings. The van der Waals surface area contributed by atoms with E-state index < -0.39 is 5.60 Å². The molecular formula is C14H27N3O3. The van der Waals surface area contributed by atoms with Crippen LogP contribution in [0.25, 0.3) is 0 Å². The quantitative estimate of drug-likeness (QED) is 0.802. The monoisotopic (exact) mass is 285 g/mol. The standard InChI is InChI=1S/C14H27N3O3/c1-14(2,3)20-13(18)17-8-9-19-12(11-17)10-16-6-4-15-5-7-16/h12,15H,4-11H2,1-3H3. The lowest BCUT2D eigenvalue weighted by Crippen LogP contribution is -2.53. The van der Waals surface area contributed by atoms with E-state index in [9.17, 15) is 4.79 Å². The molecule has 2 rings (SSSR count). The van der Waals surface area contributed by atoms with Gasteiger partial charge in [0.25, 0.3) is 0 Å². The van der Waals surface area contributed by atoms with E-state index in [-0.39, 0.29) is 12.2 Å². The summed E-state index contributed by atoms with van der Waals surface area (Å²) < 4.78 is 11.2. The van der Waals surface area contributed by atoms with E-state index in [1.807, 2.05) is 20.8 Å². The first-order chi connectivity index (χ1) is 9.44. The van der Waals surface area contributed by atoms with Crippen LogP contribution in [0.1, 0.15) is 20.8 Å². The van der Waals surface area contributed by atoms with Gasteiger partial charge >= 0.3 is 6.09 Å². The molecule has 0 aromatic heterocycles. The predicted molar refractivity (Wildman–Crippen MR) is 76.9 cm³/mol. The maximum absolute atomic E-state index is 12.1. The number of hydrogen-bond acceptors (Lipinski definition) is 5. The summed E-state index contributed by atoms with van der Waals surface area (Å²) >= 11 is 0. The van der Waals surface area contributed by atoms with Crippen LogP contribution in [0.4, 0.5) is 4.79 Å². The molecule has 1 unspecified atom stereocenters. The van der Waals surface area contributed by atoms with E-state index in [0.717, 1.165) is 32.7 Å². The molecule has 1 N–H and O–H groups in total. The number of piperazine rings is 1. The summed E-state index contributed by atoms with van der Waals surface area (Å²) in [6, 6.07) is 0. The molecule has 0 bridgehead atoms. The topological polar surface area (TPSA) is 54.0 Å². The fourth-order valence-electron chi connectivity index (χ4n) is 2.50. The summed E-state index contributed by atoms with van der Waals surface area (Å²) in [6.45, 7) is 12.6. The van der Waals surface area contributed by atoms with Crippen molar-refractivity contribution in [3.05, 3.63) is 0 Å². The zero-order valence-corrected chi connectivity index (χ0v) is 12.9. The highest BCUT2D eigenvalue weighted by molar-refractivity contribution is 5.68. The molecule has 2 aliphatic heterocycles. The van der Waals surface area contributed by atoms with Crippen LogP contribution in [0, 0.1) is 0 Å². The fourth-order valence-corrected chi connectivity index (χ4v) is 2.50. The van der Waals surface area contributed by atoms with E-state index in [0.29, 0.717) is 19.7 Å². The molecule has 2 fully saturated rings. The average Bonchev–Trinajstić information content (AvgIpc) is 2.38. The molecule has 1 atom stereocenters. The van der Waals surface area contributed by atoms with Crippen molar-refractivity contribution in [2.24, 2.45) is 0 Å². The largest absolute Gasteiger partial charge is 0.444 e. The summed E-state index contributed by atoms with van der Waals surface area (Å²) in [4.78, 5) is 16.2. The Kier molecular flexibility index (Phi) is 5.23. The van der Waals surface area contributed by atoms with Crippen LogP contribution in [0.15, 0.2) is 0 Å². The highest BCUT2D eigenvalue weighted by Crippen LogP contribution is 2.13. The number of hydrogen-bond donors (Lipinski definition) is 1. The van der Waals surface area contributed by atoms with Gasteiger partial charge in [-0.2, -0.15) is 0 Å². The molecule has 2 saturated heterocycles. The van der Waals surface area contributed by atoms with Gasteiger partial charge in [0.15, 0.2) is 0 Å². The minimum Gasteiger partial charge on any atom is -0.444 e. The highest BCUT2D eigenvalue weighted by Gasteiger charge is 2.29. The molecule has 20 heavy (non-hydrogen) atoms. The van der Waals surface area contributed by atoms with Gasteiger partial charge in [0.1, 0.15) is 5.60 Å². The number of morpholine rings is 1. The summed E-state index contributed by atoms with van der Waals surface area (Å²) in [7, 11) is 0. The van der Waals surface area contributed by atoms with E-state index in [1.165, 1.54) is 0 Å². The first kappa shape index (κ1) is 15.5. The molecule has 0 aromatic carbocycles.